The number of benzene rings is 1. The van der Waals surface area contributed by atoms with Crippen molar-refractivity contribution in [3.05, 3.63) is 47.3 Å². The van der Waals surface area contributed by atoms with Crippen LogP contribution in [0.3, 0.4) is 0 Å². The number of hydrogen-bond donors (Lipinski definition) is 2. The van der Waals surface area contributed by atoms with Crippen LogP contribution in [0.4, 0.5) is 30.2 Å². The van der Waals surface area contributed by atoms with Crippen LogP contribution in [0.1, 0.15) is 16.8 Å². The number of nitrogens with one attached hydrogen (secondary N) is 1. The van der Waals surface area contributed by atoms with Crippen molar-refractivity contribution in [1.29, 1.82) is 0 Å². The molecule has 0 aliphatic carbocycles. The van der Waals surface area contributed by atoms with Gasteiger partial charge in [-0.2, -0.15) is 13.2 Å². The average molecular weight is 281 g/mol. The summed E-state index contributed by atoms with van der Waals surface area (Å²) in [4.78, 5) is 3.30. The molecule has 20 heavy (non-hydrogen) atoms. The van der Waals surface area contributed by atoms with Crippen LogP contribution in [0, 0.1) is 13.8 Å². The van der Waals surface area contributed by atoms with Crippen molar-refractivity contribution in [2.24, 2.45) is 0 Å². The Morgan fingerprint density at radius 2 is 1.85 bits per heavy atom. The van der Waals surface area contributed by atoms with Crippen molar-refractivity contribution >= 4 is 17.1 Å². The second-order valence-corrected chi connectivity index (χ2v) is 4.53. The molecule has 6 heteroatoms. The van der Waals surface area contributed by atoms with Gasteiger partial charge in [-0.1, -0.05) is 12.1 Å². The second-order valence-electron chi connectivity index (χ2n) is 4.53. The summed E-state index contributed by atoms with van der Waals surface area (Å²) in [7, 11) is 0. The molecule has 0 saturated heterocycles. The van der Waals surface area contributed by atoms with Gasteiger partial charge < -0.3 is 11.1 Å². The molecule has 0 spiro atoms. The molecule has 106 valence electrons. The van der Waals surface area contributed by atoms with E-state index in [1.54, 1.807) is 6.07 Å². The maximum Gasteiger partial charge on any atom is 0.433 e. The molecule has 3 nitrogen and oxygen atoms in total. The largest absolute Gasteiger partial charge is 0.433 e. The van der Waals surface area contributed by atoms with Gasteiger partial charge in [0, 0.05) is 5.69 Å². The zero-order valence-electron chi connectivity index (χ0n) is 11.0. The standard InChI is InChI=1S/C14H14F3N3/c1-8-4-3-5-11(9(8)2)20-12-6-13(14(15,16)17)19-7-10(12)18/h3-7H,18H2,1-2H3,(H,19,20). The number of alkyl halides is 3. The topological polar surface area (TPSA) is 50.9 Å². The zero-order chi connectivity index (χ0) is 14.9. The lowest BCUT2D eigenvalue weighted by atomic mass is 10.1. The molecule has 1 aromatic heterocycles. The minimum absolute atomic E-state index is 0.166. The van der Waals surface area contributed by atoms with Crippen molar-refractivity contribution in [3.63, 3.8) is 0 Å². The van der Waals surface area contributed by atoms with Crippen molar-refractivity contribution in [2.75, 3.05) is 11.1 Å². The molecular formula is C14H14F3N3. The molecule has 0 unspecified atom stereocenters. The zero-order valence-corrected chi connectivity index (χ0v) is 11.0. The van der Waals surface area contributed by atoms with E-state index in [1.807, 2.05) is 26.0 Å². The molecule has 3 N–H and O–H groups in total. The Bertz CT molecular complexity index is 636. The van der Waals surface area contributed by atoms with Crippen molar-refractivity contribution in [2.45, 2.75) is 20.0 Å². The van der Waals surface area contributed by atoms with E-state index in [2.05, 4.69) is 10.3 Å². The number of nitrogen functional groups attached to an aromatic ring is 1. The molecular weight excluding hydrogens is 267 g/mol. The lowest BCUT2D eigenvalue weighted by molar-refractivity contribution is -0.141. The molecule has 0 fully saturated rings. The molecule has 2 aromatic rings. The molecule has 1 aromatic carbocycles. The Morgan fingerprint density at radius 1 is 1.15 bits per heavy atom. The number of aromatic nitrogens is 1. The van der Waals surface area contributed by atoms with Crippen LogP contribution in [0.5, 0.6) is 0 Å². The maximum absolute atomic E-state index is 12.7. The highest BCUT2D eigenvalue weighted by Crippen LogP contribution is 2.33. The van der Waals surface area contributed by atoms with Crippen LogP contribution >= 0.6 is 0 Å². The van der Waals surface area contributed by atoms with E-state index in [0.717, 1.165) is 29.1 Å². The number of nitrogens with zero attached hydrogens (tertiary/aromatic N) is 1. The number of halogens is 3. The predicted octanol–water partition coefficient (Wildman–Crippen LogP) is 4.04. The predicted molar refractivity (Wildman–Crippen MR) is 72.9 cm³/mol. The fourth-order valence-electron chi connectivity index (χ4n) is 1.76. The van der Waals surface area contributed by atoms with Crippen LogP contribution < -0.4 is 11.1 Å². The SMILES string of the molecule is Cc1cccc(Nc2cc(C(F)(F)F)ncc2N)c1C. The molecule has 2 rings (SSSR count). The second kappa shape index (κ2) is 5.03. The number of aryl methyl sites for hydroxylation is 1. The Labute approximate surface area is 114 Å². The fourth-order valence-corrected chi connectivity index (χ4v) is 1.76. The molecule has 0 atom stereocenters. The van der Waals surface area contributed by atoms with E-state index in [-0.39, 0.29) is 11.4 Å². The third-order valence-electron chi connectivity index (χ3n) is 3.10. The van der Waals surface area contributed by atoms with Gasteiger partial charge in [-0.15, -0.1) is 0 Å². The van der Waals surface area contributed by atoms with Gasteiger partial charge in [0.25, 0.3) is 0 Å². The summed E-state index contributed by atoms with van der Waals surface area (Å²) in [5, 5.41) is 2.93. The van der Waals surface area contributed by atoms with Crippen LogP contribution in [0.15, 0.2) is 30.5 Å². The van der Waals surface area contributed by atoms with Crippen LogP contribution in [-0.4, -0.2) is 4.98 Å². The number of hydrogen-bond acceptors (Lipinski definition) is 3. The first-order valence-electron chi connectivity index (χ1n) is 5.95. The van der Waals surface area contributed by atoms with Crippen LogP contribution in [0.25, 0.3) is 0 Å². The maximum atomic E-state index is 12.7. The van der Waals surface area contributed by atoms with E-state index < -0.39 is 11.9 Å². The molecule has 0 aliphatic heterocycles. The molecule has 0 bridgehead atoms. The highest BCUT2D eigenvalue weighted by molar-refractivity contribution is 5.74. The summed E-state index contributed by atoms with van der Waals surface area (Å²) in [6.45, 7) is 3.82. The summed E-state index contributed by atoms with van der Waals surface area (Å²) < 4.78 is 38.0. The van der Waals surface area contributed by atoms with Gasteiger partial charge in [0.1, 0.15) is 5.69 Å². The monoisotopic (exact) mass is 281 g/mol. The lowest BCUT2D eigenvalue weighted by Gasteiger charge is -2.14. The van der Waals surface area contributed by atoms with Gasteiger partial charge in [0.05, 0.1) is 17.6 Å². The fraction of sp³-hybridized carbons (Fsp3) is 0.214. The highest BCUT2D eigenvalue weighted by Gasteiger charge is 2.33. The smallest absolute Gasteiger partial charge is 0.396 e. The molecule has 0 amide bonds. The number of pyridine rings is 1. The summed E-state index contributed by atoms with van der Waals surface area (Å²) in [5.74, 6) is 0. The average Bonchev–Trinajstić information content (AvgIpc) is 2.36. The van der Waals surface area contributed by atoms with Crippen molar-refractivity contribution in [3.8, 4) is 0 Å². The van der Waals surface area contributed by atoms with Gasteiger partial charge in [0.15, 0.2) is 0 Å². The van der Waals surface area contributed by atoms with Gasteiger partial charge in [-0.25, -0.2) is 4.98 Å². The third kappa shape index (κ3) is 2.84. The van der Waals surface area contributed by atoms with Crippen molar-refractivity contribution < 1.29 is 13.2 Å². The third-order valence-corrected chi connectivity index (χ3v) is 3.10. The highest BCUT2D eigenvalue weighted by atomic mass is 19.4. The molecule has 0 aliphatic rings. The minimum Gasteiger partial charge on any atom is -0.396 e. The summed E-state index contributed by atoms with van der Waals surface area (Å²) in [6.07, 6.45) is -3.48. The Morgan fingerprint density at radius 3 is 2.50 bits per heavy atom. The van der Waals surface area contributed by atoms with E-state index in [0.29, 0.717) is 0 Å². The Balaban J connectivity index is 2.41. The number of anilines is 3. The first kappa shape index (κ1) is 14.2. The molecule has 0 saturated carbocycles. The van der Waals surface area contributed by atoms with E-state index in [9.17, 15) is 13.2 Å². The van der Waals surface area contributed by atoms with Gasteiger partial charge in [-0.05, 0) is 37.1 Å². The summed E-state index contributed by atoms with van der Waals surface area (Å²) in [6, 6.07) is 6.46. The van der Waals surface area contributed by atoms with Crippen molar-refractivity contribution in [1.82, 2.24) is 4.98 Å². The molecule has 0 radical (unpaired) electrons. The number of nitrogens with two attached hydrogens (primary N) is 1. The lowest BCUT2D eigenvalue weighted by Crippen LogP contribution is -2.10. The molecule has 1 heterocycles. The quantitative estimate of drug-likeness (QED) is 0.873. The Hall–Kier alpha value is -2.24. The Kier molecular flexibility index (Phi) is 3.57. The van der Waals surface area contributed by atoms with Crippen LogP contribution in [0.2, 0.25) is 0 Å². The normalized spacial score (nSPS) is 11.4. The minimum atomic E-state index is -4.49. The number of rotatable bonds is 2. The van der Waals surface area contributed by atoms with E-state index in [1.165, 1.54) is 0 Å². The van der Waals surface area contributed by atoms with Crippen LogP contribution in [-0.2, 0) is 6.18 Å². The first-order valence-corrected chi connectivity index (χ1v) is 5.95. The summed E-state index contributed by atoms with van der Waals surface area (Å²) in [5.41, 5.74) is 7.78. The summed E-state index contributed by atoms with van der Waals surface area (Å²) >= 11 is 0. The first-order chi connectivity index (χ1) is 9.29. The van der Waals surface area contributed by atoms with Gasteiger partial charge in [0.2, 0.25) is 0 Å². The van der Waals surface area contributed by atoms with Gasteiger partial charge in [-0.3, -0.25) is 0 Å². The van der Waals surface area contributed by atoms with E-state index in [4.69, 9.17) is 5.73 Å². The van der Waals surface area contributed by atoms with E-state index >= 15 is 0 Å². The van der Waals surface area contributed by atoms with Gasteiger partial charge >= 0.3 is 6.18 Å².